The molecule has 1 N–H and O–H groups in total. The van der Waals surface area contributed by atoms with E-state index >= 15 is 0 Å². The molecular formula is C10H14N4O2. The lowest BCUT2D eigenvalue weighted by Gasteiger charge is -2.26. The molecule has 0 aromatic carbocycles. The van der Waals surface area contributed by atoms with Crippen LogP contribution < -0.4 is 5.32 Å². The molecule has 6 heteroatoms. The fourth-order valence-electron chi connectivity index (χ4n) is 1.74. The molecule has 1 aliphatic heterocycles. The minimum Gasteiger partial charge on any atom is -0.353 e. The average molecular weight is 222 g/mol. The van der Waals surface area contributed by atoms with E-state index < -0.39 is 0 Å². The van der Waals surface area contributed by atoms with Crippen LogP contribution in [0.4, 0.5) is 0 Å². The summed E-state index contributed by atoms with van der Waals surface area (Å²) in [5, 5.41) is 6.72. The maximum atomic E-state index is 12.1. The molecule has 0 aliphatic carbocycles. The highest BCUT2D eigenvalue weighted by Gasteiger charge is 2.24. The van der Waals surface area contributed by atoms with Gasteiger partial charge in [0.15, 0.2) is 0 Å². The molecule has 2 amide bonds. The Hall–Kier alpha value is -1.85. The lowest BCUT2D eigenvalue weighted by molar-refractivity contribution is -0.123. The second kappa shape index (κ2) is 4.34. The van der Waals surface area contributed by atoms with Crippen LogP contribution in [0.3, 0.4) is 0 Å². The van der Waals surface area contributed by atoms with Crippen LogP contribution in [-0.4, -0.2) is 46.1 Å². The number of carbonyl (C=O) groups is 2. The van der Waals surface area contributed by atoms with Crippen molar-refractivity contribution in [2.75, 3.05) is 19.6 Å². The zero-order valence-electron chi connectivity index (χ0n) is 9.14. The number of nitrogens with zero attached hydrogens (tertiary/aromatic N) is 3. The van der Waals surface area contributed by atoms with Crippen LogP contribution in [-0.2, 0) is 11.3 Å². The molecule has 1 aromatic heterocycles. The molecule has 1 fully saturated rings. The van der Waals surface area contributed by atoms with E-state index in [0.717, 1.165) is 0 Å². The molecule has 0 radical (unpaired) electrons. The highest BCUT2D eigenvalue weighted by molar-refractivity contribution is 5.95. The molecule has 0 atom stereocenters. The van der Waals surface area contributed by atoms with Gasteiger partial charge < -0.3 is 10.2 Å². The van der Waals surface area contributed by atoms with Crippen molar-refractivity contribution >= 4 is 11.8 Å². The number of aromatic nitrogens is 2. The van der Waals surface area contributed by atoms with Crippen LogP contribution in [0.2, 0.25) is 0 Å². The van der Waals surface area contributed by atoms with Gasteiger partial charge in [-0.1, -0.05) is 0 Å². The summed E-state index contributed by atoms with van der Waals surface area (Å²) in [5.74, 6) is -0.239. The summed E-state index contributed by atoms with van der Waals surface area (Å²) < 4.78 is 1.63. The molecule has 6 nitrogen and oxygen atoms in total. The maximum absolute atomic E-state index is 12.1. The van der Waals surface area contributed by atoms with Crippen molar-refractivity contribution in [3.8, 4) is 0 Å². The molecule has 0 unspecified atom stereocenters. The highest BCUT2D eigenvalue weighted by atomic mass is 16.2. The molecule has 0 saturated carbocycles. The number of piperazine rings is 1. The average Bonchev–Trinajstić information content (AvgIpc) is 2.76. The van der Waals surface area contributed by atoms with E-state index in [0.29, 0.717) is 25.3 Å². The van der Waals surface area contributed by atoms with Crippen LogP contribution in [0.1, 0.15) is 17.4 Å². The number of carbonyl (C=O) groups excluding carboxylic acids is 2. The molecule has 16 heavy (non-hydrogen) atoms. The summed E-state index contributed by atoms with van der Waals surface area (Å²) >= 11 is 0. The van der Waals surface area contributed by atoms with E-state index in [-0.39, 0.29) is 18.4 Å². The number of rotatable bonds is 2. The second-order valence-corrected chi connectivity index (χ2v) is 3.61. The molecule has 1 aliphatic rings. The summed E-state index contributed by atoms with van der Waals surface area (Å²) in [7, 11) is 0. The normalized spacial score (nSPS) is 16.1. The number of hydrogen-bond acceptors (Lipinski definition) is 3. The molecule has 86 valence electrons. The number of hydrogen-bond donors (Lipinski definition) is 1. The van der Waals surface area contributed by atoms with Gasteiger partial charge in [0.05, 0.1) is 6.54 Å². The predicted molar refractivity (Wildman–Crippen MR) is 56.8 cm³/mol. The first kappa shape index (κ1) is 10.7. The summed E-state index contributed by atoms with van der Waals surface area (Å²) in [6.07, 6.45) is 1.60. The van der Waals surface area contributed by atoms with Crippen LogP contribution in [0.15, 0.2) is 12.3 Å². The third kappa shape index (κ3) is 1.91. The van der Waals surface area contributed by atoms with Crippen molar-refractivity contribution in [2.24, 2.45) is 0 Å². The summed E-state index contributed by atoms with van der Waals surface area (Å²) in [6.45, 7) is 3.78. The first-order valence-electron chi connectivity index (χ1n) is 5.30. The van der Waals surface area contributed by atoms with Crippen molar-refractivity contribution in [2.45, 2.75) is 13.5 Å². The minimum atomic E-state index is -0.130. The van der Waals surface area contributed by atoms with Crippen molar-refractivity contribution in [3.63, 3.8) is 0 Å². The Labute approximate surface area is 93.2 Å². The van der Waals surface area contributed by atoms with Gasteiger partial charge in [0, 0.05) is 25.8 Å². The van der Waals surface area contributed by atoms with Gasteiger partial charge in [-0.15, -0.1) is 0 Å². The third-order valence-corrected chi connectivity index (χ3v) is 2.56. The number of amides is 2. The topological polar surface area (TPSA) is 67.2 Å². The van der Waals surface area contributed by atoms with Gasteiger partial charge >= 0.3 is 0 Å². The minimum absolute atomic E-state index is 0.109. The summed E-state index contributed by atoms with van der Waals surface area (Å²) in [4.78, 5) is 24.8. The summed E-state index contributed by atoms with van der Waals surface area (Å²) in [5.41, 5.74) is 0.539. The molecule has 2 rings (SSSR count). The molecule has 0 spiro atoms. The van der Waals surface area contributed by atoms with Crippen LogP contribution in [0.25, 0.3) is 0 Å². The number of aryl methyl sites for hydroxylation is 1. The van der Waals surface area contributed by atoms with E-state index in [4.69, 9.17) is 0 Å². The second-order valence-electron chi connectivity index (χ2n) is 3.61. The van der Waals surface area contributed by atoms with Crippen LogP contribution in [0, 0.1) is 0 Å². The lowest BCUT2D eigenvalue weighted by Crippen LogP contribution is -2.50. The van der Waals surface area contributed by atoms with E-state index in [2.05, 4.69) is 10.4 Å². The Morgan fingerprint density at radius 3 is 3.12 bits per heavy atom. The van der Waals surface area contributed by atoms with Gasteiger partial charge in [-0.3, -0.25) is 14.3 Å². The zero-order chi connectivity index (χ0) is 11.5. The fraction of sp³-hybridized carbons (Fsp3) is 0.500. The van der Waals surface area contributed by atoms with Gasteiger partial charge in [0.25, 0.3) is 5.91 Å². The first-order chi connectivity index (χ1) is 7.72. The Morgan fingerprint density at radius 1 is 1.62 bits per heavy atom. The Kier molecular flexibility index (Phi) is 2.89. The van der Waals surface area contributed by atoms with Crippen LogP contribution >= 0.6 is 0 Å². The highest BCUT2D eigenvalue weighted by Crippen LogP contribution is 2.06. The van der Waals surface area contributed by atoms with Crippen molar-refractivity contribution in [1.82, 2.24) is 20.0 Å². The van der Waals surface area contributed by atoms with Gasteiger partial charge in [0.1, 0.15) is 5.69 Å². The van der Waals surface area contributed by atoms with Crippen molar-refractivity contribution in [1.29, 1.82) is 0 Å². The predicted octanol–water partition coefficient (Wildman–Crippen LogP) is -0.525. The first-order valence-corrected chi connectivity index (χ1v) is 5.30. The van der Waals surface area contributed by atoms with Crippen molar-refractivity contribution < 1.29 is 9.59 Å². The van der Waals surface area contributed by atoms with Gasteiger partial charge in [-0.25, -0.2) is 0 Å². The molecule has 0 bridgehead atoms. The Bertz CT molecular complexity index is 413. The van der Waals surface area contributed by atoms with Gasteiger partial charge in [-0.2, -0.15) is 5.10 Å². The quantitative estimate of drug-likeness (QED) is 0.731. The lowest BCUT2D eigenvalue weighted by atomic mass is 10.3. The SMILES string of the molecule is CCn1nccc1C(=O)N1CCNC(=O)C1. The van der Waals surface area contributed by atoms with E-state index in [1.165, 1.54) is 0 Å². The number of nitrogens with one attached hydrogen (secondary N) is 1. The van der Waals surface area contributed by atoms with Crippen LogP contribution in [0.5, 0.6) is 0 Å². The third-order valence-electron chi connectivity index (χ3n) is 2.56. The summed E-state index contributed by atoms with van der Waals surface area (Å²) in [6, 6.07) is 1.68. The smallest absolute Gasteiger partial charge is 0.272 e. The molecule has 1 saturated heterocycles. The van der Waals surface area contributed by atoms with Gasteiger partial charge in [-0.05, 0) is 13.0 Å². The molecule has 2 heterocycles. The van der Waals surface area contributed by atoms with Crippen molar-refractivity contribution in [3.05, 3.63) is 18.0 Å². The molecular weight excluding hydrogens is 208 g/mol. The Balaban J connectivity index is 2.15. The van der Waals surface area contributed by atoms with Gasteiger partial charge in [0.2, 0.25) is 5.91 Å². The van der Waals surface area contributed by atoms with E-state index in [9.17, 15) is 9.59 Å². The van der Waals surface area contributed by atoms with E-state index in [1.807, 2.05) is 6.92 Å². The monoisotopic (exact) mass is 222 g/mol. The Morgan fingerprint density at radius 2 is 2.44 bits per heavy atom. The largest absolute Gasteiger partial charge is 0.353 e. The molecule has 1 aromatic rings. The maximum Gasteiger partial charge on any atom is 0.272 e. The zero-order valence-corrected chi connectivity index (χ0v) is 9.14. The van der Waals surface area contributed by atoms with E-state index in [1.54, 1.807) is 21.8 Å². The fourth-order valence-corrected chi connectivity index (χ4v) is 1.74. The standard InChI is InChI=1S/C10H14N4O2/c1-2-14-8(3-4-12-14)10(16)13-6-5-11-9(15)7-13/h3-4H,2,5-7H2,1H3,(H,11,15).